The number of aryl methyl sites for hydroxylation is 1. The van der Waals surface area contributed by atoms with Gasteiger partial charge in [-0.15, -0.1) is 11.6 Å². The average molecular weight is 312 g/mol. The van der Waals surface area contributed by atoms with Crippen LogP contribution in [0.15, 0.2) is 46.9 Å². The van der Waals surface area contributed by atoms with Crippen LogP contribution in [0.25, 0.3) is 0 Å². The molecular formula is C14H12BrClO. The molecule has 0 aliphatic rings. The third-order valence-electron chi connectivity index (χ3n) is 2.47. The molecule has 0 unspecified atom stereocenters. The zero-order valence-corrected chi connectivity index (χ0v) is 11.8. The minimum atomic E-state index is 0.450. The van der Waals surface area contributed by atoms with Crippen molar-refractivity contribution in [1.29, 1.82) is 0 Å². The Kier molecular flexibility index (Phi) is 4.08. The first-order chi connectivity index (χ1) is 8.20. The van der Waals surface area contributed by atoms with Gasteiger partial charge in [0.2, 0.25) is 0 Å². The summed E-state index contributed by atoms with van der Waals surface area (Å²) in [6.45, 7) is 2.03. The Balaban J connectivity index is 2.28. The molecule has 0 aliphatic carbocycles. The number of halogens is 2. The summed E-state index contributed by atoms with van der Waals surface area (Å²) in [5.41, 5.74) is 2.14. The van der Waals surface area contributed by atoms with Crippen molar-refractivity contribution in [3.05, 3.63) is 58.1 Å². The van der Waals surface area contributed by atoms with Gasteiger partial charge >= 0.3 is 0 Å². The molecule has 88 valence electrons. The van der Waals surface area contributed by atoms with E-state index in [9.17, 15) is 0 Å². The van der Waals surface area contributed by atoms with Crippen molar-refractivity contribution in [1.82, 2.24) is 0 Å². The number of hydrogen-bond acceptors (Lipinski definition) is 1. The van der Waals surface area contributed by atoms with E-state index in [4.69, 9.17) is 16.3 Å². The Labute approximate surface area is 115 Å². The smallest absolute Gasteiger partial charge is 0.131 e. The maximum atomic E-state index is 5.87. The van der Waals surface area contributed by atoms with E-state index in [1.807, 2.05) is 49.4 Å². The van der Waals surface area contributed by atoms with E-state index >= 15 is 0 Å². The molecular weight excluding hydrogens is 300 g/mol. The second-order valence-corrected chi connectivity index (χ2v) is 4.88. The van der Waals surface area contributed by atoms with Crippen LogP contribution in [-0.2, 0) is 5.88 Å². The van der Waals surface area contributed by atoms with Gasteiger partial charge < -0.3 is 4.74 Å². The summed E-state index contributed by atoms with van der Waals surface area (Å²) in [4.78, 5) is 0. The number of hydrogen-bond donors (Lipinski definition) is 0. The van der Waals surface area contributed by atoms with Gasteiger partial charge in [0, 0.05) is 10.0 Å². The van der Waals surface area contributed by atoms with Crippen LogP contribution in [0, 0.1) is 6.92 Å². The van der Waals surface area contributed by atoms with Crippen molar-refractivity contribution in [2.45, 2.75) is 12.8 Å². The van der Waals surface area contributed by atoms with Crippen LogP contribution in [0.5, 0.6) is 11.5 Å². The summed E-state index contributed by atoms with van der Waals surface area (Å²) in [6.07, 6.45) is 0. The Morgan fingerprint density at radius 3 is 2.65 bits per heavy atom. The summed E-state index contributed by atoms with van der Waals surface area (Å²) in [5, 5.41) is 0. The summed E-state index contributed by atoms with van der Waals surface area (Å²) >= 11 is 9.33. The molecule has 3 heteroatoms. The van der Waals surface area contributed by atoms with Crippen LogP contribution >= 0.6 is 27.5 Å². The summed E-state index contributed by atoms with van der Waals surface area (Å²) in [5.74, 6) is 2.08. The van der Waals surface area contributed by atoms with Crippen molar-refractivity contribution in [3.8, 4) is 11.5 Å². The first-order valence-corrected chi connectivity index (χ1v) is 6.61. The van der Waals surface area contributed by atoms with Crippen LogP contribution in [0.4, 0.5) is 0 Å². The molecule has 0 saturated carbocycles. The average Bonchev–Trinajstić information content (AvgIpc) is 2.34. The van der Waals surface area contributed by atoms with Crippen LogP contribution in [0.2, 0.25) is 0 Å². The first kappa shape index (κ1) is 12.5. The van der Waals surface area contributed by atoms with Crippen molar-refractivity contribution in [2.75, 3.05) is 0 Å². The molecule has 0 radical (unpaired) electrons. The summed E-state index contributed by atoms with van der Waals surface area (Å²) in [6, 6.07) is 13.7. The molecule has 0 aliphatic heterocycles. The van der Waals surface area contributed by atoms with Gasteiger partial charge in [-0.2, -0.15) is 0 Å². The largest absolute Gasteiger partial charge is 0.457 e. The quantitative estimate of drug-likeness (QED) is 0.700. The Morgan fingerprint density at radius 1 is 1.18 bits per heavy atom. The number of alkyl halides is 1. The molecule has 0 bridgehead atoms. The molecule has 0 fully saturated rings. The van der Waals surface area contributed by atoms with Crippen LogP contribution in [-0.4, -0.2) is 0 Å². The molecule has 17 heavy (non-hydrogen) atoms. The predicted molar refractivity (Wildman–Crippen MR) is 75.0 cm³/mol. The SMILES string of the molecule is Cc1cc(Oc2ccccc2CCl)ccc1Br. The molecule has 2 aromatic rings. The molecule has 0 N–H and O–H groups in total. The lowest BCUT2D eigenvalue weighted by molar-refractivity contribution is 0.478. The van der Waals surface area contributed by atoms with Gasteiger partial charge in [0.15, 0.2) is 0 Å². The molecule has 0 saturated heterocycles. The third-order valence-corrected chi connectivity index (χ3v) is 3.65. The fourth-order valence-electron chi connectivity index (χ4n) is 1.52. The van der Waals surface area contributed by atoms with E-state index < -0.39 is 0 Å². The van der Waals surface area contributed by atoms with Crippen molar-refractivity contribution in [3.63, 3.8) is 0 Å². The van der Waals surface area contributed by atoms with Gasteiger partial charge in [-0.1, -0.05) is 34.1 Å². The highest BCUT2D eigenvalue weighted by atomic mass is 79.9. The lowest BCUT2D eigenvalue weighted by atomic mass is 10.2. The zero-order valence-electron chi connectivity index (χ0n) is 9.41. The van der Waals surface area contributed by atoms with E-state index in [2.05, 4.69) is 15.9 Å². The second-order valence-electron chi connectivity index (χ2n) is 3.75. The Morgan fingerprint density at radius 2 is 1.94 bits per heavy atom. The lowest BCUT2D eigenvalue weighted by Gasteiger charge is -2.10. The highest BCUT2D eigenvalue weighted by molar-refractivity contribution is 9.10. The van der Waals surface area contributed by atoms with Crippen LogP contribution < -0.4 is 4.74 Å². The van der Waals surface area contributed by atoms with Crippen molar-refractivity contribution in [2.24, 2.45) is 0 Å². The van der Waals surface area contributed by atoms with Gasteiger partial charge in [0.1, 0.15) is 11.5 Å². The zero-order chi connectivity index (χ0) is 12.3. The van der Waals surface area contributed by atoms with E-state index in [0.717, 1.165) is 27.1 Å². The standard InChI is InChI=1S/C14H12BrClO/c1-10-8-12(6-7-13(10)15)17-14-5-3-2-4-11(14)9-16/h2-8H,9H2,1H3. The fraction of sp³-hybridized carbons (Fsp3) is 0.143. The van der Waals surface area contributed by atoms with E-state index in [0.29, 0.717) is 5.88 Å². The molecule has 0 aromatic heterocycles. The molecule has 0 atom stereocenters. The second kappa shape index (κ2) is 5.56. The van der Waals surface area contributed by atoms with Gasteiger partial charge in [-0.25, -0.2) is 0 Å². The third kappa shape index (κ3) is 3.02. The minimum Gasteiger partial charge on any atom is -0.457 e. The molecule has 0 spiro atoms. The Bertz CT molecular complexity index is 525. The normalized spacial score (nSPS) is 10.3. The summed E-state index contributed by atoms with van der Waals surface area (Å²) < 4.78 is 6.91. The van der Waals surface area contributed by atoms with Gasteiger partial charge in [0.05, 0.1) is 5.88 Å². The van der Waals surface area contributed by atoms with Gasteiger partial charge in [-0.05, 0) is 36.8 Å². The minimum absolute atomic E-state index is 0.450. The number of benzene rings is 2. The number of ether oxygens (including phenoxy) is 1. The molecule has 1 nitrogen and oxygen atoms in total. The first-order valence-electron chi connectivity index (χ1n) is 5.28. The van der Waals surface area contributed by atoms with Crippen LogP contribution in [0.3, 0.4) is 0 Å². The highest BCUT2D eigenvalue weighted by Crippen LogP contribution is 2.28. The highest BCUT2D eigenvalue weighted by Gasteiger charge is 2.04. The van der Waals surface area contributed by atoms with E-state index in [1.165, 1.54) is 0 Å². The van der Waals surface area contributed by atoms with Gasteiger partial charge in [-0.3, -0.25) is 0 Å². The fourth-order valence-corrected chi connectivity index (χ4v) is 1.99. The van der Waals surface area contributed by atoms with Gasteiger partial charge in [0.25, 0.3) is 0 Å². The lowest BCUT2D eigenvalue weighted by Crippen LogP contribution is -1.89. The van der Waals surface area contributed by atoms with Crippen LogP contribution in [0.1, 0.15) is 11.1 Å². The maximum Gasteiger partial charge on any atom is 0.131 e. The number of rotatable bonds is 3. The maximum absolute atomic E-state index is 5.87. The monoisotopic (exact) mass is 310 g/mol. The van der Waals surface area contributed by atoms with Crippen molar-refractivity contribution < 1.29 is 4.74 Å². The molecule has 2 aromatic carbocycles. The van der Waals surface area contributed by atoms with E-state index in [1.54, 1.807) is 0 Å². The summed E-state index contributed by atoms with van der Waals surface area (Å²) in [7, 11) is 0. The van der Waals surface area contributed by atoms with E-state index in [-0.39, 0.29) is 0 Å². The predicted octanol–water partition coefficient (Wildman–Crippen LogP) is 5.29. The molecule has 0 heterocycles. The number of para-hydroxylation sites is 1. The molecule has 0 amide bonds. The van der Waals surface area contributed by atoms with Crippen molar-refractivity contribution >= 4 is 27.5 Å². The molecule has 2 rings (SSSR count). The Hall–Kier alpha value is -0.990. The topological polar surface area (TPSA) is 9.23 Å².